The van der Waals surface area contributed by atoms with Gasteiger partial charge < -0.3 is 10.6 Å². The van der Waals surface area contributed by atoms with E-state index in [9.17, 15) is 0 Å². The molecule has 0 saturated carbocycles. The van der Waals surface area contributed by atoms with Gasteiger partial charge in [0.2, 0.25) is 0 Å². The first-order chi connectivity index (χ1) is 6.77. The quantitative estimate of drug-likeness (QED) is 0.540. The topological polar surface area (TPSA) is 29.3 Å². The Morgan fingerprint density at radius 2 is 2.36 bits per heavy atom. The molecule has 1 fully saturated rings. The van der Waals surface area contributed by atoms with Crippen molar-refractivity contribution in [1.82, 2.24) is 4.90 Å². The Bertz CT molecular complexity index is 195. The summed E-state index contributed by atoms with van der Waals surface area (Å²) in [4.78, 5) is 2.51. The first-order valence-electron chi connectivity index (χ1n) is 5.63. The van der Waals surface area contributed by atoms with E-state index in [-0.39, 0.29) is 0 Å². The molecule has 0 aromatic heterocycles. The van der Waals surface area contributed by atoms with Crippen LogP contribution in [0.5, 0.6) is 0 Å². The first-order valence-corrected chi connectivity index (χ1v) is 5.63. The van der Waals surface area contributed by atoms with Crippen molar-refractivity contribution in [3.05, 3.63) is 0 Å². The van der Waals surface area contributed by atoms with Gasteiger partial charge in [-0.1, -0.05) is 6.92 Å². The molecule has 2 nitrogen and oxygen atoms in total. The average Bonchev–Trinajstić information content (AvgIpc) is 2.21. The van der Waals surface area contributed by atoms with E-state index in [0.29, 0.717) is 5.92 Å². The minimum atomic E-state index is 0.689. The second kappa shape index (κ2) is 6.06. The maximum Gasteiger partial charge on any atom is 0.00982 e. The van der Waals surface area contributed by atoms with Gasteiger partial charge in [0.05, 0.1) is 0 Å². The van der Waals surface area contributed by atoms with Crippen LogP contribution in [-0.2, 0) is 0 Å². The van der Waals surface area contributed by atoms with Crippen LogP contribution >= 0.6 is 0 Å². The number of likely N-dealkylation sites (tertiary alicyclic amines) is 1. The summed E-state index contributed by atoms with van der Waals surface area (Å²) in [6.45, 7) is 6.68. The highest BCUT2D eigenvalue weighted by Crippen LogP contribution is 2.22. The highest BCUT2D eigenvalue weighted by molar-refractivity contribution is 4.84. The summed E-state index contributed by atoms with van der Waals surface area (Å²) in [5, 5.41) is 0. The molecular weight excluding hydrogens is 172 g/mol. The van der Waals surface area contributed by atoms with Gasteiger partial charge in [-0.05, 0) is 44.3 Å². The van der Waals surface area contributed by atoms with Crippen LogP contribution in [0.2, 0.25) is 0 Å². The molecule has 2 N–H and O–H groups in total. The standard InChI is InChI=1S/C12H22N2/c1-3-4-5-7-14-8-6-11(2)12(9-13)10-14/h1,11-12H,4-10,13H2,2H3. The number of hydrogen-bond donors (Lipinski definition) is 1. The molecule has 1 heterocycles. The van der Waals surface area contributed by atoms with E-state index in [1.165, 1.54) is 19.5 Å². The summed E-state index contributed by atoms with van der Waals surface area (Å²) in [5.41, 5.74) is 5.75. The van der Waals surface area contributed by atoms with E-state index >= 15 is 0 Å². The Kier molecular flexibility index (Phi) is 5.00. The Balaban J connectivity index is 2.25. The molecule has 80 valence electrons. The van der Waals surface area contributed by atoms with Crippen molar-refractivity contribution < 1.29 is 0 Å². The van der Waals surface area contributed by atoms with Gasteiger partial charge in [0, 0.05) is 13.0 Å². The van der Waals surface area contributed by atoms with Crippen molar-refractivity contribution in [2.45, 2.75) is 26.2 Å². The van der Waals surface area contributed by atoms with Gasteiger partial charge in [-0.15, -0.1) is 12.3 Å². The fourth-order valence-electron chi connectivity index (χ4n) is 2.14. The molecule has 0 spiro atoms. The molecule has 14 heavy (non-hydrogen) atoms. The van der Waals surface area contributed by atoms with Crippen LogP contribution in [0, 0.1) is 24.2 Å². The maximum atomic E-state index is 5.75. The SMILES string of the molecule is C#CCCCN1CCC(C)C(CN)C1. The summed E-state index contributed by atoms with van der Waals surface area (Å²) in [5.74, 6) is 4.17. The zero-order valence-corrected chi connectivity index (χ0v) is 9.21. The van der Waals surface area contributed by atoms with Crippen molar-refractivity contribution >= 4 is 0 Å². The van der Waals surface area contributed by atoms with Crippen molar-refractivity contribution in [3.8, 4) is 12.3 Å². The third-order valence-electron chi connectivity index (χ3n) is 3.30. The average molecular weight is 194 g/mol. The van der Waals surface area contributed by atoms with Crippen molar-refractivity contribution in [2.24, 2.45) is 17.6 Å². The van der Waals surface area contributed by atoms with E-state index < -0.39 is 0 Å². The Morgan fingerprint density at radius 3 is 3.00 bits per heavy atom. The molecule has 1 aliphatic heterocycles. The summed E-state index contributed by atoms with van der Waals surface area (Å²) < 4.78 is 0. The van der Waals surface area contributed by atoms with Crippen LogP contribution in [0.15, 0.2) is 0 Å². The minimum absolute atomic E-state index is 0.689. The third kappa shape index (κ3) is 3.32. The maximum absolute atomic E-state index is 5.75. The van der Waals surface area contributed by atoms with Crippen LogP contribution in [0.3, 0.4) is 0 Å². The number of piperidine rings is 1. The number of terminal acetylenes is 1. The minimum Gasteiger partial charge on any atom is -0.330 e. The molecule has 2 unspecified atom stereocenters. The molecule has 1 rings (SSSR count). The predicted octanol–water partition coefficient (Wildman–Crippen LogP) is 1.32. The number of hydrogen-bond acceptors (Lipinski definition) is 2. The fourth-order valence-corrected chi connectivity index (χ4v) is 2.14. The van der Waals surface area contributed by atoms with Crippen LogP contribution in [0.4, 0.5) is 0 Å². The number of rotatable bonds is 4. The second-order valence-corrected chi connectivity index (χ2v) is 4.37. The van der Waals surface area contributed by atoms with Gasteiger partial charge in [-0.2, -0.15) is 0 Å². The smallest absolute Gasteiger partial charge is 0.00982 e. The van der Waals surface area contributed by atoms with Crippen LogP contribution < -0.4 is 5.73 Å². The molecule has 0 aliphatic carbocycles. The van der Waals surface area contributed by atoms with E-state index in [2.05, 4.69) is 17.7 Å². The van der Waals surface area contributed by atoms with Gasteiger partial charge in [0.25, 0.3) is 0 Å². The molecule has 0 bridgehead atoms. The van der Waals surface area contributed by atoms with E-state index in [4.69, 9.17) is 12.2 Å². The van der Waals surface area contributed by atoms with Crippen LogP contribution in [-0.4, -0.2) is 31.1 Å². The Morgan fingerprint density at radius 1 is 1.57 bits per heavy atom. The molecule has 0 radical (unpaired) electrons. The highest BCUT2D eigenvalue weighted by Gasteiger charge is 2.24. The number of unbranched alkanes of at least 4 members (excludes halogenated alkanes) is 1. The largest absolute Gasteiger partial charge is 0.330 e. The molecular formula is C12H22N2. The van der Waals surface area contributed by atoms with Crippen molar-refractivity contribution in [2.75, 3.05) is 26.2 Å². The fraction of sp³-hybridized carbons (Fsp3) is 0.833. The molecule has 0 aromatic carbocycles. The van der Waals surface area contributed by atoms with Crippen molar-refractivity contribution in [3.63, 3.8) is 0 Å². The van der Waals surface area contributed by atoms with Gasteiger partial charge in [0.15, 0.2) is 0 Å². The summed E-state index contributed by atoms with van der Waals surface area (Å²) in [7, 11) is 0. The van der Waals surface area contributed by atoms with Gasteiger partial charge in [-0.25, -0.2) is 0 Å². The van der Waals surface area contributed by atoms with E-state index in [1.54, 1.807) is 0 Å². The molecule has 1 saturated heterocycles. The Labute approximate surface area is 87.8 Å². The third-order valence-corrected chi connectivity index (χ3v) is 3.30. The lowest BCUT2D eigenvalue weighted by Gasteiger charge is -2.36. The number of nitrogens with two attached hydrogens (primary N) is 1. The van der Waals surface area contributed by atoms with Gasteiger partial charge >= 0.3 is 0 Å². The number of nitrogens with zero attached hydrogens (tertiary/aromatic N) is 1. The zero-order valence-electron chi connectivity index (χ0n) is 9.21. The lowest BCUT2D eigenvalue weighted by atomic mass is 9.87. The summed E-state index contributed by atoms with van der Waals surface area (Å²) in [6, 6.07) is 0. The Hall–Kier alpha value is -0.520. The lowest BCUT2D eigenvalue weighted by Crippen LogP contribution is -2.42. The molecule has 2 atom stereocenters. The normalized spacial score (nSPS) is 28.6. The van der Waals surface area contributed by atoms with Crippen molar-refractivity contribution in [1.29, 1.82) is 0 Å². The van der Waals surface area contributed by atoms with Crippen LogP contribution in [0.25, 0.3) is 0 Å². The highest BCUT2D eigenvalue weighted by atomic mass is 15.1. The molecule has 0 aromatic rings. The van der Waals surface area contributed by atoms with Gasteiger partial charge in [0.1, 0.15) is 0 Å². The molecule has 2 heteroatoms. The monoisotopic (exact) mass is 194 g/mol. The van der Waals surface area contributed by atoms with E-state index in [1.807, 2.05) is 0 Å². The summed E-state index contributed by atoms with van der Waals surface area (Å²) >= 11 is 0. The molecule has 1 aliphatic rings. The van der Waals surface area contributed by atoms with Crippen LogP contribution in [0.1, 0.15) is 26.2 Å². The predicted molar refractivity (Wildman–Crippen MR) is 60.8 cm³/mol. The van der Waals surface area contributed by atoms with E-state index in [0.717, 1.165) is 31.8 Å². The first kappa shape index (κ1) is 11.6. The summed E-state index contributed by atoms with van der Waals surface area (Å²) in [6.07, 6.45) is 8.55. The molecule has 0 amide bonds. The second-order valence-electron chi connectivity index (χ2n) is 4.37. The lowest BCUT2D eigenvalue weighted by molar-refractivity contribution is 0.131. The van der Waals surface area contributed by atoms with Gasteiger partial charge in [-0.3, -0.25) is 0 Å². The zero-order chi connectivity index (χ0) is 10.4.